The molecule has 1 amide bonds. The molecule has 0 saturated carbocycles. The Morgan fingerprint density at radius 3 is 2.61 bits per heavy atom. The number of rotatable bonds is 4. The van der Waals surface area contributed by atoms with Crippen LogP contribution < -0.4 is 0 Å². The molecule has 0 aromatic heterocycles. The van der Waals surface area contributed by atoms with Crippen LogP contribution in [-0.4, -0.2) is 39.1 Å². The average molecular weight is 317 g/mol. The number of carbonyl (C=O) groups excluding carboxylic acids is 2. The summed E-state index contributed by atoms with van der Waals surface area (Å²) in [6.45, 7) is 3.33. The normalized spacial score (nSPS) is 27.5. The van der Waals surface area contributed by atoms with Crippen molar-refractivity contribution in [1.82, 2.24) is 4.90 Å². The zero-order valence-electron chi connectivity index (χ0n) is 13.0. The van der Waals surface area contributed by atoms with E-state index in [9.17, 15) is 19.8 Å². The van der Waals surface area contributed by atoms with Crippen LogP contribution in [0.25, 0.3) is 0 Å². The molecule has 2 heterocycles. The fraction of sp³-hybridized carbons (Fsp3) is 0.412. The SMILES string of the molecule is C[C@@H](O)[C@H]1C(=O)N2C(C(=O)OCc3ccccc3)=C(O)[C@H](C)[C@H]12. The standard InChI is InChI=1S/C17H19NO5/c1-9-13-12(10(2)19)16(21)18(13)14(15(9)20)17(22)23-8-11-6-4-3-5-7-11/h3-7,9-10,12-13,19-20H,8H2,1-2H3/t9-,10-,12-,13-/m1/s1. The lowest BCUT2D eigenvalue weighted by Gasteiger charge is -2.46. The maximum absolute atomic E-state index is 12.3. The van der Waals surface area contributed by atoms with Crippen molar-refractivity contribution in [2.75, 3.05) is 0 Å². The number of hydrogen-bond donors (Lipinski definition) is 2. The molecule has 23 heavy (non-hydrogen) atoms. The molecule has 0 unspecified atom stereocenters. The molecule has 2 aliphatic rings. The lowest BCUT2D eigenvalue weighted by atomic mass is 9.79. The van der Waals surface area contributed by atoms with E-state index in [0.717, 1.165) is 5.56 Å². The van der Waals surface area contributed by atoms with Crippen molar-refractivity contribution in [2.45, 2.75) is 32.6 Å². The molecule has 122 valence electrons. The number of fused-ring (bicyclic) bond motifs is 1. The van der Waals surface area contributed by atoms with Crippen LogP contribution in [0.2, 0.25) is 0 Å². The Kier molecular flexibility index (Phi) is 3.85. The summed E-state index contributed by atoms with van der Waals surface area (Å²) in [5.74, 6) is -2.21. The molecular weight excluding hydrogens is 298 g/mol. The highest BCUT2D eigenvalue weighted by Crippen LogP contribution is 2.46. The third-order valence-electron chi connectivity index (χ3n) is 4.54. The van der Waals surface area contributed by atoms with Crippen LogP contribution in [0.4, 0.5) is 0 Å². The Morgan fingerprint density at radius 2 is 2.00 bits per heavy atom. The first kappa shape index (κ1) is 15.6. The second kappa shape index (κ2) is 5.70. The van der Waals surface area contributed by atoms with E-state index in [2.05, 4.69) is 0 Å². The minimum atomic E-state index is -0.821. The van der Waals surface area contributed by atoms with E-state index in [1.807, 2.05) is 30.3 Å². The molecule has 6 nitrogen and oxygen atoms in total. The molecule has 1 aromatic carbocycles. The van der Waals surface area contributed by atoms with Crippen molar-refractivity contribution in [2.24, 2.45) is 11.8 Å². The number of amides is 1. The van der Waals surface area contributed by atoms with Crippen molar-refractivity contribution < 1.29 is 24.5 Å². The molecular formula is C17H19NO5. The average Bonchev–Trinajstić information content (AvgIpc) is 2.75. The van der Waals surface area contributed by atoms with Gasteiger partial charge in [-0.15, -0.1) is 0 Å². The number of esters is 1. The Labute approximate surface area is 134 Å². The first-order valence-corrected chi connectivity index (χ1v) is 7.58. The zero-order chi connectivity index (χ0) is 16.7. The van der Waals surface area contributed by atoms with E-state index in [-0.39, 0.29) is 30.0 Å². The maximum atomic E-state index is 12.3. The fourth-order valence-electron chi connectivity index (χ4n) is 3.31. The summed E-state index contributed by atoms with van der Waals surface area (Å²) in [5.41, 5.74) is 0.723. The minimum absolute atomic E-state index is 0.0668. The highest BCUT2D eigenvalue weighted by molar-refractivity contribution is 6.00. The van der Waals surface area contributed by atoms with Gasteiger partial charge in [0.15, 0.2) is 5.70 Å². The van der Waals surface area contributed by atoms with Gasteiger partial charge in [-0.05, 0) is 12.5 Å². The van der Waals surface area contributed by atoms with Gasteiger partial charge in [-0.3, -0.25) is 9.69 Å². The van der Waals surface area contributed by atoms with Crippen molar-refractivity contribution in [3.63, 3.8) is 0 Å². The lowest BCUT2D eigenvalue weighted by molar-refractivity contribution is -0.164. The van der Waals surface area contributed by atoms with E-state index in [0.29, 0.717) is 0 Å². The summed E-state index contributed by atoms with van der Waals surface area (Å²) in [4.78, 5) is 25.7. The maximum Gasteiger partial charge on any atom is 0.358 e. The molecule has 2 aliphatic heterocycles. The number of carbonyl (C=O) groups is 2. The van der Waals surface area contributed by atoms with Crippen LogP contribution in [0.1, 0.15) is 19.4 Å². The van der Waals surface area contributed by atoms with Gasteiger partial charge in [0.25, 0.3) is 0 Å². The molecule has 1 fully saturated rings. The van der Waals surface area contributed by atoms with E-state index >= 15 is 0 Å². The predicted octanol–water partition coefficient (Wildman–Crippen LogP) is 1.36. The second-order valence-electron chi connectivity index (χ2n) is 6.05. The monoisotopic (exact) mass is 317 g/mol. The number of hydrogen-bond acceptors (Lipinski definition) is 5. The summed E-state index contributed by atoms with van der Waals surface area (Å²) < 4.78 is 5.21. The van der Waals surface area contributed by atoms with Crippen LogP contribution in [-0.2, 0) is 20.9 Å². The van der Waals surface area contributed by atoms with Crippen LogP contribution in [0.15, 0.2) is 41.8 Å². The molecule has 1 aromatic rings. The second-order valence-corrected chi connectivity index (χ2v) is 6.05. The first-order valence-electron chi connectivity index (χ1n) is 7.58. The summed E-state index contributed by atoms with van der Waals surface area (Å²) in [6, 6.07) is 8.78. The van der Waals surface area contributed by atoms with Gasteiger partial charge >= 0.3 is 5.97 Å². The van der Waals surface area contributed by atoms with Gasteiger partial charge in [-0.1, -0.05) is 37.3 Å². The van der Waals surface area contributed by atoms with Gasteiger partial charge in [0.2, 0.25) is 5.91 Å². The van der Waals surface area contributed by atoms with Gasteiger partial charge in [0, 0.05) is 5.92 Å². The van der Waals surface area contributed by atoms with Gasteiger partial charge in [0.1, 0.15) is 12.4 Å². The van der Waals surface area contributed by atoms with Crippen LogP contribution in [0.3, 0.4) is 0 Å². The zero-order valence-corrected chi connectivity index (χ0v) is 13.0. The van der Waals surface area contributed by atoms with E-state index < -0.39 is 23.9 Å². The Balaban J connectivity index is 1.74. The predicted molar refractivity (Wildman–Crippen MR) is 80.9 cm³/mol. The molecule has 0 radical (unpaired) electrons. The third kappa shape index (κ3) is 2.39. The van der Waals surface area contributed by atoms with Gasteiger partial charge in [-0.2, -0.15) is 0 Å². The van der Waals surface area contributed by atoms with E-state index in [1.165, 1.54) is 11.8 Å². The largest absolute Gasteiger partial charge is 0.509 e. The van der Waals surface area contributed by atoms with Gasteiger partial charge < -0.3 is 14.9 Å². The van der Waals surface area contributed by atoms with Crippen molar-refractivity contribution in [3.05, 3.63) is 47.4 Å². The van der Waals surface area contributed by atoms with Crippen LogP contribution >= 0.6 is 0 Å². The Morgan fingerprint density at radius 1 is 1.35 bits per heavy atom. The molecule has 0 bridgehead atoms. The van der Waals surface area contributed by atoms with Crippen LogP contribution in [0, 0.1) is 11.8 Å². The summed E-state index contributed by atoms with van der Waals surface area (Å²) in [7, 11) is 0. The Hall–Kier alpha value is -2.34. The van der Waals surface area contributed by atoms with E-state index in [1.54, 1.807) is 6.92 Å². The summed E-state index contributed by atoms with van der Waals surface area (Å²) in [5, 5.41) is 19.9. The van der Waals surface area contributed by atoms with Gasteiger partial charge in [0.05, 0.1) is 18.1 Å². The highest BCUT2D eigenvalue weighted by Gasteiger charge is 2.60. The number of benzene rings is 1. The van der Waals surface area contributed by atoms with E-state index in [4.69, 9.17) is 4.74 Å². The lowest BCUT2D eigenvalue weighted by Crippen LogP contribution is -2.63. The molecule has 1 saturated heterocycles. The fourth-order valence-corrected chi connectivity index (χ4v) is 3.31. The number of aliphatic hydroxyl groups is 2. The number of β-lactam (4-membered cyclic amide) rings is 1. The van der Waals surface area contributed by atoms with Crippen molar-refractivity contribution in [1.29, 1.82) is 0 Å². The molecule has 0 spiro atoms. The minimum Gasteiger partial charge on any atom is -0.509 e. The first-order chi connectivity index (χ1) is 10.9. The topological polar surface area (TPSA) is 87.1 Å². The van der Waals surface area contributed by atoms with Crippen LogP contribution in [0.5, 0.6) is 0 Å². The quantitative estimate of drug-likeness (QED) is 0.647. The Bertz CT molecular complexity index is 667. The highest BCUT2D eigenvalue weighted by atomic mass is 16.5. The molecule has 2 N–H and O–H groups in total. The molecule has 0 aliphatic carbocycles. The summed E-state index contributed by atoms with van der Waals surface area (Å²) in [6.07, 6.45) is -0.821. The number of ether oxygens (including phenoxy) is 1. The number of aliphatic hydroxyl groups excluding tert-OH is 2. The molecule has 6 heteroatoms. The van der Waals surface area contributed by atoms with Crippen molar-refractivity contribution in [3.8, 4) is 0 Å². The third-order valence-corrected chi connectivity index (χ3v) is 4.54. The smallest absolute Gasteiger partial charge is 0.358 e. The van der Waals surface area contributed by atoms with Crippen molar-refractivity contribution >= 4 is 11.9 Å². The molecule has 4 atom stereocenters. The van der Waals surface area contributed by atoms with Gasteiger partial charge in [-0.25, -0.2) is 4.79 Å². The number of nitrogens with zero attached hydrogens (tertiary/aromatic N) is 1. The molecule has 3 rings (SSSR count). The summed E-state index contributed by atoms with van der Waals surface area (Å²) >= 11 is 0.